The van der Waals surface area contributed by atoms with Crippen LogP contribution in [0.4, 0.5) is 5.69 Å². The van der Waals surface area contributed by atoms with Crippen LogP contribution in [0.25, 0.3) is 0 Å². The lowest BCUT2D eigenvalue weighted by Gasteiger charge is -2.06. The molecule has 0 bridgehead atoms. The molecule has 0 atom stereocenters. The number of para-hydroxylation sites is 1. The summed E-state index contributed by atoms with van der Waals surface area (Å²) in [6.45, 7) is -0.312. The molecule has 0 aliphatic heterocycles. The number of carbonyl (C=O) groups is 2. The molecule has 0 saturated heterocycles. The lowest BCUT2D eigenvalue weighted by Crippen LogP contribution is -2.24. The van der Waals surface area contributed by atoms with Gasteiger partial charge in [0, 0.05) is 12.1 Å². The van der Waals surface area contributed by atoms with Crippen molar-refractivity contribution in [2.45, 2.75) is 0 Å². The molecule has 0 aromatic heterocycles. The van der Waals surface area contributed by atoms with Crippen molar-refractivity contribution < 1.29 is 24.0 Å². The molecule has 10 nitrogen and oxygen atoms in total. The third-order valence-corrected chi connectivity index (χ3v) is 4.17. The summed E-state index contributed by atoms with van der Waals surface area (Å²) >= 11 is 0. The fourth-order valence-corrected chi connectivity index (χ4v) is 2.55. The second-order valence-corrected chi connectivity index (χ2v) is 6.45. The van der Waals surface area contributed by atoms with Crippen LogP contribution in [0.5, 0.6) is 11.5 Å². The Morgan fingerprint density at radius 2 is 1.76 bits per heavy atom. The number of amides is 1. The van der Waals surface area contributed by atoms with E-state index in [1.165, 1.54) is 42.6 Å². The lowest BCUT2D eigenvalue weighted by atomic mass is 10.2. The van der Waals surface area contributed by atoms with Crippen molar-refractivity contribution >= 4 is 23.8 Å². The number of hydrazone groups is 1. The number of benzene rings is 3. The van der Waals surface area contributed by atoms with E-state index in [0.717, 1.165) is 0 Å². The highest BCUT2D eigenvalue weighted by atomic mass is 16.6. The van der Waals surface area contributed by atoms with Crippen molar-refractivity contribution in [2.24, 2.45) is 5.10 Å². The number of ether oxygens (including phenoxy) is 2. The van der Waals surface area contributed by atoms with Gasteiger partial charge in [-0.05, 0) is 54.1 Å². The summed E-state index contributed by atoms with van der Waals surface area (Å²) in [6, 6.07) is 19.9. The first-order valence-corrected chi connectivity index (χ1v) is 9.47. The van der Waals surface area contributed by atoms with Gasteiger partial charge in [-0.2, -0.15) is 10.4 Å². The Labute approximate surface area is 187 Å². The summed E-state index contributed by atoms with van der Waals surface area (Å²) in [7, 11) is 0. The van der Waals surface area contributed by atoms with E-state index >= 15 is 0 Å². The zero-order valence-corrected chi connectivity index (χ0v) is 17.0. The third-order valence-electron chi connectivity index (χ3n) is 4.17. The summed E-state index contributed by atoms with van der Waals surface area (Å²) in [5.74, 6) is -0.591. The average Bonchev–Trinajstić information content (AvgIpc) is 2.84. The minimum atomic E-state index is -0.656. The molecule has 0 heterocycles. The molecule has 0 fully saturated rings. The standard InChI is InChI=1S/C23H16N4O6/c24-13-18-3-1-2-4-21(18)32-15-22(28)26-25-14-16-5-11-20(12-6-16)33-23(29)17-7-9-19(10-8-17)27(30)31/h1-12,14H,15H2,(H,26,28). The van der Waals surface area contributed by atoms with E-state index < -0.39 is 16.8 Å². The third kappa shape index (κ3) is 6.47. The van der Waals surface area contributed by atoms with E-state index in [0.29, 0.717) is 16.9 Å². The molecular weight excluding hydrogens is 428 g/mol. The second kappa shape index (κ2) is 10.8. The molecule has 3 aromatic carbocycles. The first-order chi connectivity index (χ1) is 16.0. The summed E-state index contributed by atoms with van der Waals surface area (Å²) < 4.78 is 10.5. The molecule has 0 unspecified atom stereocenters. The van der Waals surface area contributed by atoms with E-state index in [1.54, 1.807) is 36.4 Å². The number of nitrogens with one attached hydrogen (secondary N) is 1. The number of nitro benzene ring substituents is 1. The lowest BCUT2D eigenvalue weighted by molar-refractivity contribution is -0.384. The predicted molar refractivity (Wildman–Crippen MR) is 117 cm³/mol. The number of nitriles is 1. The van der Waals surface area contributed by atoms with E-state index in [1.807, 2.05) is 6.07 Å². The zero-order valence-electron chi connectivity index (χ0n) is 17.0. The topological polar surface area (TPSA) is 144 Å². The number of nitrogens with zero attached hydrogens (tertiary/aromatic N) is 3. The maximum Gasteiger partial charge on any atom is 0.343 e. The Kier molecular flexibility index (Phi) is 7.43. The normalized spacial score (nSPS) is 10.3. The summed E-state index contributed by atoms with van der Waals surface area (Å²) in [4.78, 5) is 34.1. The van der Waals surface area contributed by atoms with Gasteiger partial charge in [-0.3, -0.25) is 14.9 Å². The zero-order chi connectivity index (χ0) is 23.6. The predicted octanol–water partition coefficient (Wildman–Crippen LogP) is 3.21. The molecule has 164 valence electrons. The monoisotopic (exact) mass is 444 g/mol. The van der Waals surface area contributed by atoms with Gasteiger partial charge >= 0.3 is 5.97 Å². The van der Waals surface area contributed by atoms with Crippen LogP contribution >= 0.6 is 0 Å². The highest BCUT2D eigenvalue weighted by molar-refractivity contribution is 5.91. The van der Waals surface area contributed by atoms with Crippen molar-refractivity contribution in [3.63, 3.8) is 0 Å². The van der Waals surface area contributed by atoms with Gasteiger partial charge in [-0.15, -0.1) is 0 Å². The van der Waals surface area contributed by atoms with Crippen LogP contribution in [-0.2, 0) is 4.79 Å². The minimum Gasteiger partial charge on any atom is -0.482 e. The second-order valence-electron chi connectivity index (χ2n) is 6.45. The molecular formula is C23H16N4O6. The summed E-state index contributed by atoms with van der Waals surface area (Å²) in [5.41, 5.74) is 3.31. The van der Waals surface area contributed by atoms with Gasteiger partial charge in [0.05, 0.1) is 22.3 Å². The first kappa shape index (κ1) is 22.6. The van der Waals surface area contributed by atoms with Crippen molar-refractivity contribution in [2.75, 3.05) is 6.61 Å². The quantitative estimate of drug-likeness (QED) is 0.185. The van der Waals surface area contributed by atoms with Crippen molar-refractivity contribution in [3.8, 4) is 17.6 Å². The van der Waals surface area contributed by atoms with E-state index in [2.05, 4.69) is 10.5 Å². The average molecular weight is 444 g/mol. The van der Waals surface area contributed by atoms with Crippen LogP contribution in [0.3, 0.4) is 0 Å². The molecule has 1 amide bonds. The van der Waals surface area contributed by atoms with E-state index in [4.69, 9.17) is 14.7 Å². The number of non-ortho nitro benzene ring substituents is 1. The van der Waals surface area contributed by atoms with Gasteiger partial charge in [-0.25, -0.2) is 10.2 Å². The van der Waals surface area contributed by atoms with Crippen LogP contribution in [0, 0.1) is 21.4 Å². The van der Waals surface area contributed by atoms with E-state index in [9.17, 15) is 19.7 Å². The number of hydrogen-bond donors (Lipinski definition) is 1. The Balaban J connectivity index is 1.48. The number of rotatable bonds is 8. The number of carbonyl (C=O) groups excluding carboxylic acids is 2. The van der Waals surface area contributed by atoms with Gasteiger partial charge in [0.2, 0.25) is 0 Å². The molecule has 0 aliphatic rings. The SMILES string of the molecule is N#Cc1ccccc1OCC(=O)NN=Cc1ccc(OC(=O)c2ccc([N+](=O)[O-])cc2)cc1. The van der Waals surface area contributed by atoms with Gasteiger partial charge < -0.3 is 9.47 Å². The highest BCUT2D eigenvalue weighted by Gasteiger charge is 2.11. The Hall–Kier alpha value is -5.04. The van der Waals surface area contributed by atoms with Crippen molar-refractivity contribution in [1.29, 1.82) is 5.26 Å². The van der Waals surface area contributed by atoms with Gasteiger partial charge in [0.25, 0.3) is 11.6 Å². The Morgan fingerprint density at radius 1 is 1.06 bits per heavy atom. The van der Waals surface area contributed by atoms with Gasteiger partial charge in [-0.1, -0.05) is 12.1 Å². The van der Waals surface area contributed by atoms with Gasteiger partial charge in [0.15, 0.2) is 6.61 Å². The summed E-state index contributed by atoms with van der Waals surface area (Å²) in [5, 5.41) is 23.5. The summed E-state index contributed by atoms with van der Waals surface area (Å²) in [6.07, 6.45) is 1.39. The molecule has 1 N–H and O–H groups in total. The number of hydrogen-bond acceptors (Lipinski definition) is 8. The van der Waals surface area contributed by atoms with Crippen LogP contribution < -0.4 is 14.9 Å². The first-order valence-electron chi connectivity index (χ1n) is 9.47. The minimum absolute atomic E-state index is 0.124. The van der Waals surface area contributed by atoms with Crippen molar-refractivity contribution in [1.82, 2.24) is 5.43 Å². The Morgan fingerprint density at radius 3 is 2.42 bits per heavy atom. The van der Waals surface area contributed by atoms with Crippen molar-refractivity contribution in [3.05, 3.63) is 99.6 Å². The molecule has 0 spiro atoms. The van der Waals surface area contributed by atoms with Crippen LogP contribution in [0.2, 0.25) is 0 Å². The molecule has 10 heteroatoms. The Bertz CT molecular complexity index is 1230. The largest absolute Gasteiger partial charge is 0.482 e. The highest BCUT2D eigenvalue weighted by Crippen LogP contribution is 2.17. The number of esters is 1. The molecule has 0 aliphatic carbocycles. The van der Waals surface area contributed by atoms with Crippen LogP contribution in [0.15, 0.2) is 77.9 Å². The van der Waals surface area contributed by atoms with Crippen LogP contribution in [-0.4, -0.2) is 29.6 Å². The number of nitro groups is 1. The molecule has 0 radical (unpaired) electrons. The fraction of sp³-hybridized carbons (Fsp3) is 0.0435. The molecule has 0 saturated carbocycles. The molecule has 3 aromatic rings. The van der Waals surface area contributed by atoms with Gasteiger partial charge in [0.1, 0.15) is 17.6 Å². The fourth-order valence-electron chi connectivity index (χ4n) is 2.55. The van der Waals surface area contributed by atoms with Crippen LogP contribution in [0.1, 0.15) is 21.5 Å². The van der Waals surface area contributed by atoms with E-state index in [-0.39, 0.29) is 23.6 Å². The smallest absolute Gasteiger partial charge is 0.343 e. The molecule has 3 rings (SSSR count). The maximum atomic E-state index is 12.1. The maximum absolute atomic E-state index is 12.1. The molecule has 33 heavy (non-hydrogen) atoms.